The van der Waals surface area contributed by atoms with Gasteiger partial charge < -0.3 is 9.84 Å². The molecule has 1 amide bonds. The van der Waals surface area contributed by atoms with Crippen LogP contribution in [0.4, 0.5) is 10.1 Å². The summed E-state index contributed by atoms with van der Waals surface area (Å²) in [6.45, 7) is 1.82. The third kappa shape index (κ3) is 4.19. The molecule has 4 rings (SSSR count). The Morgan fingerprint density at radius 2 is 1.64 bits per heavy atom. The first kappa shape index (κ1) is 22.8. The Morgan fingerprint density at radius 1 is 1.00 bits per heavy atom. The second kappa shape index (κ2) is 8.89. The molecule has 1 heterocycles. The Bertz CT molecular complexity index is 1280. The first-order valence-corrected chi connectivity index (χ1v) is 10.6. The third-order valence-corrected chi connectivity index (χ3v) is 5.80. The van der Waals surface area contributed by atoms with Gasteiger partial charge in [0.1, 0.15) is 17.3 Å². The first-order chi connectivity index (χ1) is 15.7. The van der Waals surface area contributed by atoms with E-state index in [9.17, 15) is 19.1 Å². The number of methoxy groups -OCH3 is 1. The van der Waals surface area contributed by atoms with Crippen molar-refractivity contribution in [2.24, 2.45) is 0 Å². The van der Waals surface area contributed by atoms with Gasteiger partial charge in [0.15, 0.2) is 0 Å². The van der Waals surface area contributed by atoms with E-state index in [0.29, 0.717) is 11.3 Å². The number of aliphatic hydroxyl groups is 1. The molecule has 0 aromatic heterocycles. The van der Waals surface area contributed by atoms with Crippen molar-refractivity contribution < 1.29 is 23.8 Å². The van der Waals surface area contributed by atoms with Crippen molar-refractivity contribution in [3.63, 3.8) is 0 Å². The van der Waals surface area contributed by atoms with E-state index in [1.54, 1.807) is 18.2 Å². The lowest BCUT2D eigenvalue weighted by Crippen LogP contribution is -2.29. The number of carbonyl (C=O) groups excluding carboxylic acids is 2. The second-order valence-corrected chi connectivity index (χ2v) is 8.42. The lowest BCUT2D eigenvalue weighted by molar-refractivity contribution is -0.132. The van der Waals surface area contributed by atoms with Crippen molar-refractivity contribution in [1.82, 2.24) is 0 Å². The van der Waals surface area contributed by atoms with Gasteiger partial charge in [-0.3, -0.25) is 14.5 Å². The zero-order valence-corrected chi connectivity index (χ0v) is 19.1. The number of halogens is 3. The summed E-state index contributed by atoms with van der Waals surface area (Å²) in [5.74, 6) is -2.34. The summed E-state index contributed by atoms with van der Waals surface area (Å²) in [5.41, 5.74) is 1.59. The zero-order chi connectivity index (χ0) is 23.9. The summed E-state index contributed by atoms with van der Waals surface area (Å²) in [6, 6.07) is 13.9. The predicted molar refractivity (Wildman–Crippen MR) is 125 cm³/mol. The zero-order valence-electron chi connectivity index (χ0n) is 17.6. The number of benzene rings is 3. The Kier molecular flexibility index (Phi) is 6.15. The quantitative estimate of drug-likeness (QED) is 0.276. The number of aryl methyl sites for hydroxylation is 1. The molecule has 33 heavy (non-hydrogen) atoms. The minimum Gasteiger partial charge on any atom is -0.507 e. The Morgan fingerprint density at radius 3 is 2.24 bits per heavy atom. The molecule has 0 aliphatic carbocycles. The van der Waals surface area contributed by atoms with Crippen molar-refractivity contribution in [1.29, 1.82) is 0 Å². The largest absolute Gasteiger partial charge is 0.507 e. The smallest absolute Gasteiger partial charge is 0.300 e. The number of Topliss-reactive ketones (excluding diaryl/α,β-unsaturated/α-hetero) is 1. The van der Waals surface area contributed by atoms with E-state index in [4.69, 9.17) is 27.9 Å². The number of hydrogen-bond donors (Lipinski definition) is 1. The van der Waals surface area contributed by atoms with Gasteiger partial charge >= 0.3 is 0 Å². The highest BCUT2D eigenvalue weighted by Gasteiger charge is 2.47. The molecule has 0 spiro atoms. The molecule has 0 radical (unpaired) electrons. The molecule has 168 valence electrons. The average Bonchev–Trinajstić information content (AvgIpc) is 3.03. The van der Waals surface area contributed by atoms with Crippen LogP contribution in [0.2, 0.25) is 10.0 Å². The maximum atomic E-state index is 13.7. The first-order valence-electron chi connectivity index (χ1n) is 9.89. The molecule has 1 aliphatic heterocycles. The fourth-order valence-electron chi connectivity index (χ4n) is 3.89. The van der Waals surface area contributed by atoms with E-state index >= 15 is 0 Å². The highest BCUT2D eigenvalue weighted by Crippen LogP contribution is 2.44. The van der Waals surface area contributed by atoms with Crippen LogP contribution in [-0.4, -0.2) is 23.9 Å². The van der Waals surface area contributed by atoms with E-state index in [1.165, 1.54) is 54.5 Å². The van der Waals surface area contributed by atoms with Crippen LogP contribution in [-0.2, 0) is 9.59 Å². The van der Waals surface area contributed by atoms with Crippen molar-refractivity contribution in [2.45, 2.75) is 13.0 Å². The normalized spacial score (nSPS) is 17.5. The summed E-state index contributed by atoms with van der Waals surface area (Å²) in [7, 11) is 1.44. The molecule has 1 aliphatic rings. The van der Waals surface area contributed by atoms with E-state index in [0.717, 1.165) is 5.56 Å². The molecular weight excluding hydrogens is 468 g/mol. The van der Waals surface area contributed by atoms with E-state index < -0.39 is 29.3 Å². The Balaban J connectivity index is 2.00. The lowest BCUT2D eigenvalue weighted by Gasteiger charge is -2.26. The van der Waals surface area contributed by atoms with Crippen molar-refractivity contribution in [3.05, 3.63) is 98.8 Å². The van der Waals surface area contributed by atoms with Crippen LogP contribution in [0, 0.1) is 12.7 Å². The van der Waals surface area contributed by atoms with E-state index in [-0.39, 0.29) is 26.9 Å². The third-order valence-electron chi connectivity index (χ3n) is 5.37. The summed E-state index contributed by atoms with van der Waals surface area (Å²) in [6.07, 6.45) is 0. The van der Waals surface area contributed by atoms with Crippen LogP contribution < -0.4 is 9.64 Å². The fourth-order valence-corrected chi connectivity index (χ4v) is 4.40. The van der Waals surface area contributed by atoms with Crippen LogP contribution in [0.15, 0.2) is 66.2 Å². The predicted octanol–water partition coefficient (Wildman–Crippen LogP) is 6.08. The summed E-state index contributed by atoms with van der Waals surface area (Å²) in [4.78, 5) is 27.6. The van der Waals surface area contributed by atoms with Gasteiger partial charge in [-0.15, -0.1) is 0 Å². The van der Waals surface area contributed by atoms with E-state index in [1.807, 2.05) is 6.92 Å². The SMILES string of the molecule is COc1ccc(C)cc1/C(O)=C1\C(=O)C(=O)N(c2cc(Cl)cc(Cl)c2)C1c1ccc(F)cc1. The van der Waals surface area contributed by atoms with Crippen LogP contribution in [0.1, 0.15) is 22.7 Å². The fraction of sp³-hybridized carbons (Fsp3) is 0.120. The number of nitrogens with zero attached hydrogens (tertiary/aromatic N) is 1. The van der Waals surface area contributed by atoms with Crippen LogP contribution in [0.25, 0.3) is 5.76 Å². The molecule has 3 aromatic rings. The van der Waals surface area contributed by atoms with Gasteiger partial charge in [-0.1, -0.05) is 47.0 Å². The topological polar surface area (TPSA) is 66.8 Å². The number of amides is 1. The summed E-state index contributed by atoms with van der Waals surface area (Å²) < 4.78 is 19.0. The molecule has 1 fully saturated rings. The van der Waals surface area contributed by atoms with E-state index in [2.05, 4.69) is 0 Å². The molecule has 0 bridgehead atoms. The molecule has 1 saturated heterocycles. The van der Waals surface area contributed by atoms with Crippen molar-refractivity contribution >= 4 is 46.3 Å². The van der Waals surface area contributed by atoms with Gasteiger partial charge in [0.05, 0.1) is 24.3 Å². The molecule has 3 aromatic carbocycles. The molecule has 8 heteroatoms. The molecule has 1 N–H and O–H groups in total. The number of carbonyl (C=O) groups is 2. The van der Waals surface area contributed by atoms with Crippen molar-refractivity contribution in [3.8, 4) is 5.75 Å². The molecule has 0 saturated carbocycles. The molecule has 1 atom stereocenters. The summed E-state index contributed by atoms with van der Waals surface area (Å²) >= 11 is 12.3. The number of aliphatic hydroxyl groups excluding tert-OH is 1. The minimum absolute atomic E-state index is 0.161. The van der Waals surface area contributed by atoms with Crippen LogP contribution in [0.5, 0.6) is 5.75 Å². The van der Waals surface area contributed by atoms with Crippen LogP contribution in [0.3, 0.4) is 0 Å². The number of anilines is 1. The maximum absolute atomic E-state index is 13.7. The number of rotatable bonds is 4. The highest BCUT2D eigenvalue weighted by molar-refractivity contribution is 6.52. The lowest BCUT2D eigenvalue weighted by atomic mass is 9.94. The minimum atomic E-state index is -1.05. The Labute approximate surface area is 199 Å². The summed E-state index contributed by atoms with van der Waals surface area (Å²) in [5, 5.41) is 11.8. The molecule has 1 unspecified atom stereocenters. The monoisotopic (exact) mass is 485 g/mol. The van der Waals surface area contributed by atoms with Crippen molar-refractivity contribution in [2.75, 3.05) is 12.0 Å². The second-order valence-electron chi connectivity index (χ2n) is 7.55. The highest BCUT2D eigenvalue weighted by atomic mass is 35.5. The average molecular weight is 486 g/mol. The van der Waals surface area contributed by atoms with Gasteiger partial charge in [0, 0.05) is 15.7 Å². The standard InChI is InChI=1S/C25H18Cl2FNO4/c1-13-3-8-20(33-2)19(9-13)23(30)21-22(14-4-6-17(28)7-5-14)29(25(32)24(21)31)18-11-15(26)10-16(27)12-18/h3-12,22,30H,1-2H3/b23-21+. The van der Waals surface area contributed by atoms with Gasteiger partial charge in [0.25, 0.3) is 11.7 Å². The van der Waals surface area contributed by atoms with Gasteiger partial charge in [-0.25, -0.2) is 4.39 Å². The van der Waals surface area contributed by atoms with Gasteiger partial charge in [-0.05, 0) is 55.0 Å². The van der Waals surface area contributed by atoms with Crippen LogP contribution >= 0.6 is 23.2 Å². The number of ketones is 1. The Hall–Kier alpha value is -3.35. The number of hydrogen-bond acceptors (Lipinski definition) is 4. The molecular formula is C25H18Cl2FNO4. The van der Waals surface area contributed by atoms with Gasteiger partial charge in [0.2, 0.25) is 0 Å². The molecule has 5 nitrogen and oxygen atoms in total. The number of ether oxygens (including phenoxy) is 1. The van der Waals surface area contributed by atoms with Gasteiger partial charge in [-0.2, -0.15) is 0 Å². The maximum Gasteiger partial charge on any atom is 0.300 e.